The summed E-state index contributed by atoms with van der Waals surface area (Å²) in [5.74, 6) is 0.718. The Labute approximate surface area is 112 Å². The molecule has 1 heterocycles. The van der Waals surface area contributed by atoms with Crippen molar-refractivity contribution >= 4 is 17.8 Å². The lowest BCUT2D eigenvalue weighted by Crippen LogP contribution is -2.07. The van der Waals surface area contributed by atoms with Crippen LogP contribution >= 0.6 is 0 Å². The van der Waals surface area contributed by atoms with Gasteiger partial charge in [-0.2, -0.15) is 5.10 Å². The first-order chi connectivity index (χ1) is 9.15. The Hall–Kier alpha value is -2.36. The number of carbonyl (C=O) groups excluding carboxylic acids is 1. The van der Waals surface area contributed by atoms with Gasteiger partial charge in [0.2, 0.25) is 5.91 Å². The first kappa shape index (κ1) is 13.1. The number of nitrogens with zero attached hydrogens (tertiary/aromatic N) is 1. The molecule has 1 aromatic carbocycles. The smallest absolute Gasteiger partial charge is 0.249 e. The summed E-state index contributed by atoms with van der Waals surface area (Å²) < 4.78 is 0. The molecule has 0 saturated carbocycles. The molecule has 4 heteroatoms. The average molecular weight is 255 g/mol. The molecule has 2 N–H and O–H groups in total. The van der Waals surface area contributed by atoms with Gasteiger partial charge in [0.05, 0.1) is 0 Å². The van der Waals surface area contributed by atoms with Crippen LogP contribution in [0.3, 0.4) is 0 Å². The largest absolute Gasteiger partial charge is 0.306 e. The van der Waals surface area contributed by atoms with Crippen molar-refractivity contribution in [1.82, 2.24) is 10.2 Å². The highest BCUT2D eigenvalue weighted by Gasteiger charge is 2.05. The standard InChI is InChI=1S/C15H17N3O/c1-11(2)13-10-14(18-17-13)16-15(19)9-8-12-6-4-3-5-7-12/h3-11H,1-2H3,(H2,16,17,18,19)/b9-8+. The number of H-pyrrole nitrogens is 1. The van der Waals surface area contributed by atoms with Crippen LogP contribution in [0, 0.1) is 0 Å². The number of rotatable bonds is 4. The van der Waals surface area contributed by atoms with Crippen molar-refractivity contribution in [3.05, 3.63) is 53.7 Å². The molecular formula is C15H17N3O. The van der Waals surface area contributed by atoms with Gasteiger partial charge in [0.1, 0.15) is 0 Å². The second-order valence-corrected chi connectivity index (χ2v) is 4.60. The maximum atomic E-state index is 11.7. The minimum absolute atomic E-state index is 0.189. The highest BCUT2D eigenvalue weighted by atomic mass is 16.1. The molecule has 4 nitrogen and oxygen atoms in total. The number of carbonyl (C=O) groups is 1. The van der Waals surface area contributed by atoms with E-state index in [0.29, 0.717) is 11.7 Å². The van der Waals surface area contributed by atoms with E-state index >= 15 is 0 Å². The molecule has 1 amide bonds. The molecule has 0 aliphatic heterocycles. The fourth-order valence-corrected chi connectivity index (χ4v) is 1.60. The topological polar surface area (TPSA) is 57.8 Å². The minimum atomic E-state index is -0.189. The van der Waals surface area contributed by atoms with Crippen molar-refractivity contribution in [2.45, 2.75) is 19.8 Å². The Bertz CT molecular complexity index is 570. The second-order valence-electron chi connectivity index (χ2n) is 4.60. The molecule has 0 bridgehead atoms. The van der Waals surface area contributed by atoms with Gasteiger partial charge in [0.15, 0.2) is 5.82 Å². The number of nitrogens with one attached hydrogen (secondary N) is 2. The van der Waals surface area contributed by atoms with Crippen LogP contribution in [0.1, 0.15) is 31.0 Å². The third kappa shape index (κ3) is 3.81. The molecule has 1 aromatic heterocycles. The van der Waals surface area contributed by atoms with E-state index in [2.05, 4.69) is 29.4 Å². The van der Waals surface area contributed by atoms with Gasteiger partial charge in [0, 0.05) is 17.8 Å². The number of hydrogen-bond donors (Lipinski definition) is 2. The summed E-state index contributed by atoms with van der Waals surface area (Å²) in [6.07, 6.45) is 3.27. The summed E-state index contributed by atoms with van der Waals surface area (Å²) in [4.78, 5) is 11.7. The van der Waals surface area contributed by atoms with E-state index in [4.69, 9.17) is 0 Å². The lowest BCUT2D eigenvalue weighted by Gasteiger charge is -1.97. The van der Waals surface area contributed by atoms with Crippen LogP contribution in [-0.4, -0.2) is 16.1 Å². The highest BCUT2D eigenvalue weighted by Crippen LogP contribution is 2.14. The Morgan fingerprint density at radius 1 is 1.32 bits per heavy atom. The van der Waals surface area contributed by atoms with Gasteiger partial charge in [-0.15, -0.1) is 0 Å². The van der Waals surface area contributed by atoms with Gasteiger partial charge in [-0.25, -0.2) is 0 Å². The van der Waals surface area contributed by atoms with E-state index in [-0.39, 0.29) is 5.91 Å². The Morgan fingerprint density at radius 2 is 2.05 bits per heavy atom. The summed E-state index contributed by atoms with van der Waals surface area (Å²) in [5.41, 5.74) is 1.99. The van der Waals surface area contributed by atoms with Crippen molar-refractivity contribution < 1.29 is 4.79 Å². The van der Waals surface area contributed by atoms with Gasteiger partial charge in [0.25, 0.3) is 0 Å². The molecule has 0 aliphatic carbocycles. The van der Waals surface area contributed by atoms with E-state index in [0.717, 1.165) is 11.3 Å². The van der Waals surface area contributed by atoms with Gasteiger partial charge < -0.3 is 5.32 Å². The lowest BCUT2D eigenvalue weighted by atomic mass is 10.1. The van der Waals surface area contributed by atoms with Crippen molar-refractivity contribution in [3.63, 3.8) is 0 Å². The molecule has 2 aromatic rings. The van der Waals surface area contributed by atoms with Crippen molar-refractivity contribution in [1.29, 1.82) is 0 Å². The highest BCUT2D eigenvalue weighted by molar-refractivity contribution is 6.01. The number of hydrogen-bond acceptors (Lipinski definition) is 2. The first-order valence-corrected chi connectivity index (χ1v) is 6.24. The average Bonchev–Trinajstić information content (AvgIpc) is 2.86. The summed E-state index contributed by atoms with van der Waals surface area (Å²) in [6.45, 7) is 4.13. The van der Waals surface area contributed by atoms with Crippen molar-refractivity contribution in [2.75, 3.05) is 5.32 Å². The SMILES string of the molecule is CC(C)c1cc(NC(=O)/C=C/c2ccccc2)n[nH]1. The normalized spacial score (nSPS) is 11.1. The van der Waals surface area contributed by atoms with Crippen LogP contribution < -0.4 is 5.32 Å². The fraction of sp³-hybridized carbons (Fsp3) is 0.200. The van der Waals surface area contributed by atoms with Crippen LogP contribution in [0.5, 0.6) is 0 Å². The maximum absolute atomic E-state index is 11.7. The van der Waals surface area contributed by atoms with Gasteiger partial charge in [-0.1, -0.05) is 44.2 Å². The van der Waals surface area contributed by atoms with Crippen LogP contribution in [0.2, 0.25) is 0 Å². The number of aromatic nitrogens is 2. The van der Waals surface area contributed by atoms with E-state index in [9.17, 15) is 4.79 Å². The molecule has 0 spiro atoms. The third-order valence-electron chi connectivity index (χ3n) is 2.70. The van der Waals surface area contributed by atoms with Crippen LogP contribution in [-0.2, 0) is 4.79 Å². The monoisotopic (exact) mass is 255 g/mol. The molecule has 19 heavy (non-hydrogen) atoms. The molecule has 2 rings (SSSR count). The number of aromatic amines is 1. The molecule has 98 valence electrons. The summed E-state index contributed by atoms with van der Waals surface area (Å²) in [6, 6.07) is 11.5. The minimum Gasteiger partial charge on any atom is -0.306 e. The van der Waals surface area contributed by atoms with Gasteiger partial charge in [-0.3, -0.25) is 9.89 Å². The van der Waals surface area contributed by atoms with Crippen LogP contribution in [0.25, 0.3) is 6.08 Å². The Kier molecular flexibility index (Phi) is 4.13. The Morgan fingerprint density at radius 3 is 2.68 bits per heavy atom. The zero-order chi connectivity index (χ0) is 13.7. The lowest BCUT2D eigenvalue weighted by molar-refractivity contribution is -0.111. The van der Waals surface area contributed by atoms with E-state index in [1.165, 1.54) is 6.08 Å². The zero-order valence-corrected chi connectivity index (χ0v) is 11.1. The van der Waals surface area contributed by atoms with E-state index in [1.807, 2.05) is 36.4 Å². The number of amides is 1. The van der Waals surface area contributed by atoms with E-state index < -0.39 is 0 Å². The summed E-state index contributed by atoms with van der Waals surface area (Å²) in [5, 5.41) is 9.66. The molecule has 0 saturated heterocycles. The fourth-order valence-electron chi connectivity index (χ4n) is 1.60. The predicted octanol–water partition coefficient (Wildman–Crippen LogP) is 3.19. The van der Waals surface area contributed by atoms with Gasteiger partial charge in [-0.05, 0) is 17.6 Å². The number of anilines is 1. The number of benzene rings is 1. The van der Waals surface area contributed by atoms with Crippen LogP contribution in [0.15, 0.2) is 42.5 Å². The quantitative estimate of drug-likeness (QED) is 0.824. The second kappa shape index (κ2) is 6.00. The predicted molar refractivity (Wildman–Crippen MR) is 76.8 cm³/mol. The maximum Gasteiger partial charge on any atom is 0.249 e. The zero-order valence-electron chi connectivity index (χ0n) is 11.1. The molecule has 0 unspecified atom stereocenters. The van der Waals surface area contributed by atoms with Gasteiger partial charge >= 0.3 is 0 Å². The van der Waals surface area contributed by atoms with Crippen molar-refractivity contribution in [3.8, 4) is 0 Å². The Balaban J connectivity index is 1.95. The summed E-state index contributed by atoms with van der Waals surface area (Å²) in [7, 11) is 0. The van der Waals surface area contributed by atoms with Crippen molar-refractivity contribution in [2.24, 2.45) is 0 Å². The molecule has 0 atom stereocenters. The molecule has 0 fully saturated rings. The van der Waals surface area contributed by atoms with E-state index in [1.54, 1.807) is 6.08 Å². The molecule has 0 radical (unpaired) electrons. The third-order valence-corrected chi connectivity index (χ3v) is 2.70. The molecular weight excluding hydrogens is 238 g/mol. The molecule has 0 aliphatic rings. The van der Waals surface area contributed by atoms with Crippen LogP contribution in [0.4, 0.5) is 5.82 Å². The summed E-state index contributed by atoms with van der Waals surface area (Å²) >= 11 is 0. The first-order valence-electron chi connectivity index (χ1n) is 6.24.